The molecule has 0 bridgehead atoms. The van der Waals surface area contributed by atoms with E-state index in [1.54, 1.807) is 34.9 Å². The van der Waals surface area contributed by atoms with Gasteiger partial charge < -0.3 is 10.6 Å². The van der Waals surface area contributed by atoms with Crippen LogP contribution < -0.4 is 10.6 Å². The monoisotopic (exact) mass is 382 g/mol. The second kappa shape index (κ2) is 8.51. The molecule has 2 amide bonds. The Balaban J connectivity index is 1.75. The molecule has 2 aromatic heterocycles. The number of aromatic nitrogens is 2. The standard InChI is InChI=1S/C20H19ClN4O2/c1-2-11-22-20(27)18-24-17(16-5-3-4-13-25(16)18)19(26)23-12-10-14-6-8-15(21)9-7-14/h2-9,13H,1,10-12H2,(H,22,27)(H,23,26). The van der Waals surface area contributed by atoms with Crippen LogP contribution in [0.25, 0.3) is 5.52 Å². The van der Waals surface area contributed by atoms with E-state index in [9.17, 15) is 9.59 Å². The summed E-state index contributed by atoms with van der Waals surface area (Å²) in [5, 5.41) is 6.21. The topological polar surface area (TPSA) is 75.5 Å². The number of imidazole rings is 1. The van der Waals surface area contributed by atoms with E-state index in [1.807, 2.05) is 24.3 Å². The number of hydrogen-bond donors (Lipinski definition) is 2. The summed E-state index contributed by atoms with van der Waals surface area (Å²) in [5.41, 5.74) is 1.86. The molecule has 0 spiro atoms. The number of amides is 2. The van der Waals surface area contributed by atoms with Crippen molar-refractivity contribution in [2.75, 3.05) is 13.1 Å². The summed E-state index contributed by atoms with van der Waals surface area (Å²) in [6.45, 7) is 4.34. The van der Waals surface area contributed by atoms with E-state index in [0.717, 1.165) is 5.56 Å². The van der Waals surface area contributed by atoms with Crippen LogP contribution in [0.5, 0.6) is 0 Å². The summed E-state index contributed by atoms with van der Waals surface area (Å²) in [7, 11) is 0. The Bertz CT molecular complexity index is 979. The number of pyridine rings is 1. The molecule has 2 heterocycles. The van der Waals surface area contributed by atoms with E-state index in [-0.39, 0.29) is 23.3 Å². The summed E-state index contributed by atoms with van der Waals surface area (Å²) in [6, 6.07) is 12.8. The number of rotatable bonds is 7. The quantitative estimate of drug-likeness (QED) is 0.617. The first-order valence-electron chi connectivity index (χ1n) is 8.49. The van der Waals surface area contributed by atoms with E-state index in [2.05, 4.69) is 22.2 Å². The lowest BCUT2D eigenvalue weighted by atomic mass is 10.1. The second-order valence-electron chi connectivity index (χ2n) is 5.87. The van der Waals surface area contributed by atoms with Crippen molar-refractivity contribution in [2.24, 2.45) is 0 Å². The number of carbonyl (C=O) groups is 2. The largest absolute Gasteiger partial charge is 0.350 e. The summed E-state index contributed by atoms with van der Waals surface area (Å²) in [4.78, 5) is 29.2. The molecular formula is C20H19ClN4O2. The van der Waals surface area contributed by atoms with Crippen molar-refractivity contribution in [3.8, 4) is 0 Å². The molecule has 0 aliphatic heterocycles. The lowest BCUT2D eigenvalue weighted by Gasteiger charge is -2.04. The van der Waals surface area contributed by atoms with Crippen LogP contribution in [0.2, 0.25) is 5.02 Å². The van der Waals surface area contributed by atoms with Crippen LogP contribution >= 0.6 is 11.6 Å². The number of halogens is 1. The van der Waals surface area contributed by atoms with Crippen molar-refractivity contribution in [3.05, 3.63) is 83.4 Å². The fraction of sp³-hybridized carbons (Fsp3) is 0.150. The fourth-order valence-electron chi connectivity index (χ4n) is 2.66. The van der Waals surface area contributed by atoms with Crippen LogP contribution in [0.15, 0.2) is 61.3 Å². The summed E-state index contributed by atoms with van der Waals surface area (Å²) in [5.74, 6) is -0.526. The Hall–Kier alpha value is -3.12. The van der Waals surface area contributed by atoms with Crippen molar-refractivity contribution in [3.63, 3.8) is 0 Å². The molecule has 3 rings (SSSR count). The second-order valence-corrected chi connectivity index (χ2v) is 6.31. The number of fused-ring (bicyclic) bond motifs is 1. The number of nitrogens with one attached hydrogen (secondary N) is 2. The maximum atomic E-state index is 12.6. The maximum Gasteiger partial charge on any atom is 0.287 e. The summed E-state index contributed by atoms with van der Waals surface area (Å²) >= 11 is 5.87. The van der Waals surface area contributed by atoms with Crippen molar-refractivity contribution in [1.82, 2.24) is 20.0 Å². The molecule has 27 heavy (non-hydrogen) atoms. The van der Waals surface area contributed by atoms with Crippen molar-refractivity contribution in [1.29, 1.82) is 0 Å². The van der Waals surface area contributed by atoms with Gasteiger partial charge in [0, 0.05) is 24.3 Å². The van der Waals surface area contributed by atoms with Crippen molar-refractivity contribution < 1.29 is 9.59 Å². The molecule has 0 unspecified atom stereocenters. The Morgan fingerprint density at radius 2 is 1.89 bits per heavy atom. The van der Waals surface area contributed by atoms with Crippen LogP contribution in [-0.2, 0) is 6.42 Å². The molecule has 138 valence electrons. The minimum absolute atomic E-state index is 0.162. The van der Waals surface area contributed by atoms with Gasteiger partial charge in [-0.1, -0.05) is 35.9 Å². The number of hydrogen-bond acceptors (Lipinski definition) is 3. The number of nitrogens with zero attached hydrogens (tertiary/aromatic N) is 2. The van der Waals surface area contributed by atoms with Crippen LogP contribution in [0.3, 0.4) is 0 Å². The van der Waals surface area contributed by atoms with Gasteiger partial charge in [-0.05, 0) is 36.2 Å². The van der Waals surface area contributed by atoms with Gasteiger partial charge in [-0.3, -0.25) is 14.0 Å². The predicted molar refractivity (Wildman–Crippen MR) is 105 cm³/mol. The molecule has 0 aliphatic carbocycles. The smallest absolute Gasteiger partial charge is 0.287 e. The molecule has 3 aromatic rings. The van der Waals surface area contributed by atoms with Gasteiger partial charge in [-0.15, -0.1) is 6.58 Å². The minimum atomic E-state index is -0.365. The Kier molecular flexibility index (Phi) is 5.88. The van der Waals surface area contributed by atoms with Gasteiger partial charge in [0.1, 0.15) is 0 Å². The third kappa shape index (κ3) is 4.35. The van der Waals surface area contributed by atoms with Gasteiger partial charge in [-0.25, -0.2) is 4.98 Å². The van der Waals surface area contributed by atoms with Gasteiger partial charge in [0.25, 0.3) is 11.8 Å². The van der Waals surface area contributed by atoms with Crippen LogP contribution in [0.4, 0.5) is 0 Å². The predicted octanol–water partition coefficient (Wildman–Crippen LogP) is 2.88. The molecular weight excluding hydrogens is 364 g/mol. The third-order valence-corrected chi connectivity index (χ3v) is 4.24. The molecule has 0 fully saturated rings. The Morgan fingerprint density at radius 3 is 2.63 bits per heavy atom. The highest BCUT2D eigenvalue weighted by Gasteiger charge is 2.20. The van der Waals surface area contributed by atoms with E-state index < -0.39 is 0 Å². The molecule has 6 nitrogen and oxygen atoms in total. The van der Waals surface area contributed by atoms with E-state index in [4.69, 9.17) is 11.6 Å². The fourth-order valence-corrected chi connectivity index (χ4v) is 2.79. The first kappa shape index (κ1) is 18.7. The maximum absolute atomic E-state index is 12.6. The highest BCUT2D eigenvalue weighted by Crippen LogP contribution is 2.14. The molecule has 7 heteroatoms. The van der Waals surface area contributed by atoms with Crippen LogP contribution in [0.1, 0.15) is 26.7 Å². The van der Waals surface area contributed by atoms with Gasteiger partial charge in [0.2, 0.25) is 5.82 Å². The molecule has 0 radical (unpaired) electrons. The Morgan fingerprint density at radius 1 is 1.11 bits per heavy atom. The normalized spacial score (nSPS) is 10.6. The number of carbonyl (C=O) groups excluding carboxylic acids is 2. The van der Waals surface area contributed by atoms with Gasteiger partial charge in [0.15, 0.2) is 5.69 Å². The number of benzene rings is 1. The zero-order valence-electron chi connectivity index (χ0n) is 14.6. The van der Waals surface area contributed by atoms with E-state index >= 15 is 0 Å². The average Bonchev–Trinajstić information content (AvgIpc) is 3.07. The average molecular weight is 383 g/mol. The Labute approximate surface area is 161 Å². The van der Waals surface area contributed by atoms with Crippen molar-refractivity contribution in [2.45, 2.75) is 6.42 Å². The summed E-state index contributed by atoms with van der Waals surface area (Å²) in [6.07, 6.45) is 3.95. The van der Waals surface area contributed by atoms with Gasteiger partial charge in [0.05, 0.1) is 5.52 Å². The molecule has 0 aliphatic rings. The minimum Gasteiger partial charge on any atom is -0.350 e. The molecule has 1 aromatic carbocycles. The SMILES string of the molecule is C=CCNC(=O)c1nc(C(=O)NCCc2ccc(Cl)cc2)c2ccccn12. The zero-order valence-corrected chi connectivity index (χ0v) is 15.4. The zero-order chi connectivity index (χ0) is 19.2. The first-order chi connectivity index (χ1) is 13.1. The highest BCUT2D eigenvalue weighted by molar-refractivity contribution is 6.30. The molecule has 0 saturated heterocycles. The van der Waals surface area contributed by atoms with Gasteiger partial charge >= 0.3 is 0 Å². The first-order valence-corrected chi connectivity index (χ1v) is 8.87. The molecule has 2 N–H and O–H groups in total. The lowest BCUT2D eigenvalue weighted by Crippen LogP contribution is -2.27. The van der Waals surface area contributed by atoms with Crippen LogP contribution in [0, 0.1) is 0 Å². The van der Waals surface area contributed by atoms with E-state index in [0.29, 0.717) is 30.0 Å². The third-order valence-electron chi connectivity index (χ3n) is 3.99. The summed E-state index contributed by atoms with van der Waals surface area (Å²) < 4.78 is 1.60. The molecule has 0 atom stereocenters. The highest BCUT2D eigenvalue weighted by atomic mass is 35.5. The lowest BCUT2D eigenvalue weighted by molar-refractivity contribution is 0.0947. The molecule has 0 saturated carbocycles. The van der Waals surface area contributed by atoms with Crippen LogP contribution in [-0.4, -0.2) is 34.3 Å². The van der Waals surface area contributed by atoms with Crippen molar-refractivity contribution >= 4 is 28.9 Å². The van der Waals surface area contributed by atoms with E-state index in [1.165, 1.54) is 0 Å². The van der Waals surface area contributed by atoms with Gasteiger partial charge in [-0.2, -0.15) is 0 Å².